The molecule has 0 amide bonds. The van der Waals surface area contributed by atoms with Gasteiger partial charge in [0.05, 0.1) is 25.1 Å². The molecule has 2 aromatic heterocycles. The number of hydrogen-bond donors (Lipinski definition) is 2. The van der Waals surface area contributed by atoms with Gasteiger partial charge in [-0.05, 0) is 43.3 Å². The van der Waals surface area contributed by atoms with E-state index in [1.165, 1.54) is 12.5 Å². The van der Waals surface area contributed by atoms with Crippen molar-refractivity contribution in [3.8, 4) is 11.6 Å². The van der Waals surface area contributed by atoms with E-state index in [4.69, 9.17) is 9.15 Å². The molecule has 0 spiro atoms. The van der Waals surface area contributed by atoms with E-state index in [9.17, 15) is 14.7 Å². The van der Waals surface area contributed by atoms with Crippen molar-refractivity contribution in [1.82, 2.24) is 9.55 Å². The highest BCUT2D eigenvalue weighted by atomic mass is 16.5. The minimum atomic E-state index is -0.734. The molecule has 2 heterocycles. The monoisotopic (exact) mass is 355 g/mol. The van der Waals surface area contributed by atoms with Crippen molar-refractivity contribution in [2.24, 2.45) is 4.99 Å². The third-order valence-corrected chi connectivity index (χ3v) is 3.59. The van der Waals surface area contributed by atoms with Crippen LogP contribution >= 0.6 is 0 Å². The van der Waals surface area contributed by atoms with Gasteiger partial charge < -0.3 is 14.3 Å². The van der Waals surface area contributed by atoms with E-state index in [2.05, 4.69) is 9.98 Å². The van der Waals surface area contributed by atoms with Crippen LogP contribution in [0.4, 0.5) is 5.69 Å². The summed E-state index contributed by atoms with van der Waals surface area (Å²) >= 11 is 0. The maximum absolute atomic E-state index is 12.0. The number of aromatic nitrogens is 2. The van der Waals surface area contributed by atoms with Crippen molar-refractivity contribution in [1.29, 1.82) is 0 Å². The van der Waals surface area contributed by atoms with Crippen LogP contribution in [-0.2, 0) is 6.54 Å². The fourth-order valence-corrected chi connectivity index (χ4v) is 2.33. The van der Waals surface area contributed by atoms with Gasteiger partial charge in [-0.3, -0.25) is 19.3 Å². The molecule has 0 aliphatic heterocycles. The van der Waals surface area contributed by atoms with Crippen molar-refractivity contribution in [3.63, 3.8) is 0 Å². The molecule has 0 saturated heterocycles. The number of aliphatic imine (C=N–C) groups is 1. The summed E-state index contributed by atoms with van der Waals surface area (Å²) in [5, 5.41) is 10.3. The molecular formula is C18H17N3O5. The van der Waals surface area contributed by atoms with Crippen LogP contribution in [0.3, 0.4) is 0 Å². The molecule has 26 heavy (non-hydrogen) atoms. The number of nitrogens with zero attached hydrogens (tertiary/aromatic N) is 2. The highest BCUT2D eigenvalue weighted by Crippen LogP contribution is 2.19. The summed E-state index contributed by atoms with van der Waals surface area (Å²) < 4.78 is 11.5. The predicted molar refractivity (Wildman–Crippen MR) is 95.7 cm³/mol. The lowest BCUT2D eigenvalue weighted by atomic mass is 10.3. The number of benzene rings is 1. The van der Waals surface area contributed by atoms with E-state index in [0.29, 0.717) is 23.8 Å². The highest BCUT2D eigenvalue weighted by molar-refractivity contribution is 5.84. The molecule has 0 aliphatic rings. The zero-order chi connectivity index (χ0) is 18.5. The van der Waals surface area contributed by atoms with Crippen LogP contribution in [-0.4, -0.2) is 27.5 Å². The summed E-state index contributed by atoms with van der Waals surface area (Å²) in [6.45, 7) is 2.43. The van der Waals surface area contributed by atoms with Gasteiger partial charge in [0.15, 0.2) is 0 Å². The Morgan fingerprint density at radius 2 is 2.04 bits per heavy atom. The normalized spacial score (nSPS) is 11.1. The van der Waals surface area contributed by atoms with Crippen LogP contribution in [0.5, 0.6) is 11.6 Å². The number of rotatable bonds is 6. The lowest BCUT2D eigenvalue weighted by molar-refractivity contribution is 0.340. The van der Waals surface area contributed by atoms with Gasteiger partial charge in [-0.15, -0.1) is 0 Å². The Labute approximate surface area is 148 Å². The molecule has 0 fully saturated rings. The van der Waals surface area contributed by atoms with Gasteiger partial charge in [-0.2, -0.15) is 0 Å². The van der Waals surface area contributed by atoms with E-state index in [-0.39, 0.29) is 12.1 Å². The van der Waals surface area contributed by atoms with E-state index in [1.807, 2.05) is 6.92 Å². The average Bonchev–Trinajstić information content (AvgIpc) is 3.13. The molecule has 134 valence electrons. The van der Waals surface area contributed by atoms with Crippen molar-refractivity contribution in [2.75, 3.05) is 6.61 Å². The van der Waals surface area contributed by atoms with E-state index in [1.54, 1.807) is 36.4 Å². The second kappa shape index (κ2) is 7.56. The fourth-order valence-electron chi connectivity index (χ4n) is 2.33. The van der Waals surface area contributed by atoms with E-state index in [0.717, 1.165) is 4.57 Å². The molecule has 8 heteroatoms. The Hall–Kier alpha value is -3.55. The first-order valence-electron chi connectivity index (χ1n) is 7.94. The van der Waals surface area contributed by atoms with Crippen molar-refractivity contribution in [3.05, 3.63) is 74.8 Å². The smallest absolute Gasteiger partial charge is 0.331 e. The maximum atomic E-state index is 12.0. The Kier molecular flexibility index (Phi) is 5.02. The molecule has 2 N–H and O–H groups in total. The zero-order valence-electron chi connectivity index (χ0n) is 14.0. The quantitative estimate of drug-likeness (QED) is 0.658. The van der Waals surface area contributed by atoms with Gasteiger partial charge in [-0.25, -0.2) is 4.79 Å². The largest absolute Gasteiger partial charge is 0.494 e. The predicted octanol–water partition coefficient (Wildman–Crippen LogP) is 2.03. The summed E-state index contributed by atoms with van der Waals surface area (Å²) in [5.41, 5.74) is -1.01. The van der Waals surface area contributed by atoms with E-state index < -0.39 is 17.1 Å². The number of aromatic amines is 1. The van der Waals surface area contributed by atoms with Crippen LogP contribution < -0.4 is 16.0 Å². The molecule has 1 aromatic carbocycles. The van der Waals surface area contributed by atoms with Crippen LogP contribution in [0.25, 0.3) is 0 Å². The molecule has 3 aromatic rings. The summed E-state index contributed by atoms with van der Waals surface area (Å²) in [6.07, 6.45) is 2.67. The topological polar surface area (TPSA) is 110 Å². The Bertz CT molecular complexity index is 1010. The lowest BCUT2D eigenvalue weighted by Gasteiger charge is -2.07. The minimum absolute atomic E-state index is 0.0155. The average molecular weight is 355 g/mol. The molecular weight excluding hydrogens is 338 g/mol. The van der Waals surface area contributed by atoms with Crippen molar-refractivity contribution >= 4 is 11.9 Å². The second-order valence-corrected chi connectivity index (χ2v) is 5.35. The number of nitrogens with one attached hydrogen (secondary N) is 1. The SMILES string of the molecule is CCOc1ccc(N=Cc2c(O)n(Cc3ccco3)c(=O)[nH]c2=O)cc1. The third kappa shape index (κ3) is 3.75. The molecule has 0 bridgehead atoms. The molecule has 3 rings (SSSR count). The third-order valence-electron chi connectivity index (χ3n) is 3.59. The van der Waals surface area contributed by atoms with Crippen LogP contribution in [0.2, 0.25) is 0 Å². The second-order valence-electron chi connectivity index (χ2n) is 5.35. The zero-order valence-corrected chi connectivity index (χ0v) is 14.0. The van der Waals surface area contributed by atoms with Gasteiger partial charge in [0.25, 0.3) is 5.56 Å². The van der Waals surface area contributed by atoms with Crippen molar-refractivity contribution in [2.45, 2.75) is 13.5 Å². The minimum Gasteiger partial charge on any atom is -0.494 e. The van der Waals surface area contributed by atoms with Gasteiger partial charge in [0.2, 0.25) is 5.88 Å². The standard InChI is InChI=1S/C18H17N3O5/c1-2-25-13-7-5-12(6-8-13)19-10-15-16(22)20-18(24)21(17(15)23)11-14-4-3-9-26-14/h3-10,23H,2,11H2,1H3,(H,20,22,24). The first-order valence-corrected chi connectivity index (χ1v) is 7.94. The van der Waals surface area contributed by atoms with Gasteiger partial charge >= 0.3 is 5.69 Å². The summed E-state index contributed by atoms with van der Waals surface area (Å²) in [4.78, 5) is 30.3. The molecule has 0 atom stereocenters. The fraction of sp³-hybridized carbons (Fsp3) is 0.167. The Morgan fingerprint density at radius 3 is 2.69 bits per heavy atom. The number of H-pyrrole nitrogens is 1. The first kappa shape index (κ1) is 17.3. The molecule has 0 saturated carbocycles. The number of ether oxygens (including phenoxy) is 1. The summed E-state index contributed by atoms with van der Waals surface area (Å²) in [6, 6.07) is 10.2. The van der Waals surface area contributed by atoms with E-state index >= 15 is 0 Å². The maximum Gasteiger partial charge on any atom is 0.331 e. The van der Waals surface area contributed by atoms with Crippen LogP contribution in [0.1, 0.15) is 18.2 Å². The number of aromatic hydroxyl groups is 1. The Balaban J connectivity index is 1.91. The van der Waals surface area contributed by atoms with Crippen LogP contribution in [0, 0.1) is 0 Å². The molecule has 0 radical (unpaired) electrons. The van der Waals surface area contributed by atoms with Gasteiger partial charge in [0.1, 0.15) is 17.1 Å². The number of furan rings is 1. The van der Waals surface area contributed by atoms with Crippen LogP contribution in [0.15, 0.2) is 61.7 Å². The number of hydrogen-bond acceptors (Lipinski definition) is 6. The highest BCUT2D eigenvalue weighted by Gasteiger charge is 2.13. The molecule has 0 aliphatic carbocycles. The lowest BCUT2D eigenvalue weighted by Crippen LogP contribution is -2.32. The molecule has 0 unspecified atom stereocenters. The van der Waals surface area contributed by atoms with Gasteiger partial charge in [-0.1, -0.05) is 0 Å². The summed E-state index contributed by atoms with van der Waals surface area (Å²) in [5.74, 6) is 0.688. The van der Waals surface area contributed by atoms with Crippen molar-refractivity contribution < 1.29 is 14.3 Å². The van der Waals surface area contributed by atoms with Gasteiger partial charge in [0, 0.05) is 6.21 Å². The molecule has 8 nitrogen and oxygen atoms in total. The Morgan fingerprint density at radius 1 is 1.27 bits per heavy atom. The first-order chi connectivity index (χ1) is 12.6. The summed E-state index contributed by atoms with van der Waals surface area (Å²) in [7, 11) is 0.